The van der Waals surface area contributed by atoms with Crippen LogP contribution in [0.5, 0.6) is 11.5 Å². The molecule has 7 heteroatoms. The van der Waals surface area contributed by atoms with E-state index in [1.165, 1.54) is 0 Å². The van der Waals surface area contributed by atoms with E-state index in [4.69, 9.17) is 21.1 Å². The molecule has 2 amide bonds. The van der Waals surface area contributed by atoms with Crippen molar-refractivity contribution in [1.82, 2.24) is 10.2 Å². The van der Waals surface area contributed by atoms with Gasteiger partial charge in [-0.15, -0.1) is 0 Å². The maximum Gasteiger partial charge on any atom is 0.251 e. The summed E-state index contributed by atoms with van der Waals surface area (Å²) in [6.45, 7) is 4.80. The number of halogens is 1. The highest BCUT2D eigenvalue weighted by Gasteiger charge is 2.23. The molecule has 1 saturated heterocycles. The van der Waals surface area contributed by atoms with Crippen molar-refractivity contribution in [2.75, 3.05) is 20.2 Å². The molecule has 0 aromatic heterocycles. The molecule has 0 radical (unpaired) electrons. The lowest BCUT2D eigenvalue weighted by Crippen LogP contribution is -2.40. The number of rotatable bonds is 6. The Labute approximate surface area is 182 Å². The van der Waals surface area contributed by atoms with Crippen LogP contribution in [0.1, 0.15) is 48.7 Å². The number of amides is 2. The van der Waals surface area contributed by atoms with Crippen LogP contribution < -0.4 is 14.8 Å². The van der Waals surface area contributed by atoms with Crippen molar-refractivity contribution in [3.05, 3.63) is 58.6 Å². The number of nitrogens with zero attached hydrogens (tertiary/aromatic N) is 1. The zero-order chi connectivity index (χ0) is 21.7. The third kappa shape index (κ3) is 5.25. The number of hydrogen-bond acceptors (Lipinski definition) is 4. The van der Waals surface area contributed by atoms with Crippen LogP contribution in [0.4, 0.5) is 0 Å². The van der Waals surface area contributed by atoms with Gasteiger partial charge in [0.1, 0.15) is 6.10 Å². The van der Waals surface area contributed by atoms with Gasteiger partial charge in [-0.1, -0.05) is 29.8 Å². The standard InChI is InChI=1S/C23H27ClN2O4/c1-15(19-6-4-5-7-20(19)24)25-23(28)17-8-9-21(29-3)22(14-17)30-18-10-12-26(13-11-18)16(2)27/h4-9,14-15,18H,10-13H2,1-3H3,(H,25,28). The van der Waals surface area contributed by atoms with Gasteiger partial charge in [-0.05, 0) is 36.8 Å². The Kier molecular flexibility index (Phi) is 7.21. The predicted octanol–water partition coefficient (Wildman–Crippen LogP) is 4.23. The van der Waals surface area contributed by atoms with Gasteiger partial charge >= 0.3 is 0 Å². The normalized spacial score (nSPS) is 15.4. The van der Waals surface area contributed by atoms with E-state index in [0.29, 0.717) is 35.2 Å². The molecule has 1 fully saturated rings. The molecule has 1 N–H and O–H groups in total. The maximum atomic E-state index is 12.8. The number of likely N-dealkylation sites (tertiary alicyclic amines) is 1. The van der Waals surface area contributed by atoms with E-state index in [-0.39, 0.29) is 24.0 Å². The van der Waals surface area contributed by atoms with Crippen LogP contribution in [0.25, 0.3) is 0 Å². The number of methoxy groups -OCH3 is 1. The van der Waals surface area contributed by atoms with Gasteiger partial charge in [-0.2, -0.15) is 0 Å². The summed E-state index contributed by atoms with van der Waals surface area (Å²) in [6.07, 6.45) is 1.45. The first-order chi connectivity index (χ1) is 14.4. The third-order valence-electron chi connectivity index (χ3n) is 5.33. The molecule has 0 bridgehead atoms. The first kappa shape index (κ1) is 22.0. The molecule has 2 aromatic rings. The molecular weight excluding hydrogens is 404 g/mol. The van der Waals surface area contributed by atoms with Gasteiger partial charge in [0.15, 0.2) is 11.5 Å². The summed E-state index contributed by atoms with van der Waals surface area (Å²) >= 11 is 6.24. The molecule has 2 aromatic carbocycles. The molecular formula is C23H27ClN2O4. The van der Waals surface area contributed by atoms with Gasteiger partial charge in [-0.3, -0.25) is 9.59 Å². The minimum absolute atomic E-state index is 0.0325. The summed E-state index contributed by atoms with van der Waals surface area (Å²) in [7, 11) is 1.57. The van der Waals surface area contributed by atoms with Crippen LogP contribution in [0.2, 0.25) is 5.02 Å². The second kappa shape index (κ2) is 9.85. The van der Waals surface area contributed by atoms with E-state index < -0.39 is 0 Å². The minimum Gasteiger partial charge on any atom is -0.493 e. The Morgan fingerprint density at radius 2 is 1.83 bits per heavy atom. The van der Waals surface area contributed by atoms with Crippen LogP contribution in [-0.2, 0) is 4.79 Å². The number of ether oxygens (including phenoxy) is 2. The van der Waals surface area contributed by atoms with E-state index in [2.05, 4.69) is 5.32 Å². The average Bonchev–Trinajstić information content (AvgIpc) is 2.74. The van der Waals surface area contributed by atoms with E-state index in [9.17, 15) is 9.59 Å². The fraction of sp³-hybridized carbons (Fsp3) is 0.391. The summed E-state index contributed by atoms with van der Waals surface area (Å²) in [5.74, 6) is 0.954. The van der Waals surface area contributed by atoms with Gasteiger partial charge < -0.3 is 19.7 Å². The van der Waals surface area contributed by atoms with Crippen molar-refractivity contribution in [3.63, 3.8) is 0 Å². The molecule has 3 rings (SSSR count). The van der Waals surface area contributed by atoms with E-state index in [1.54, 1.807) is 38.3 Å². The first-order valence-electron chi connectivity index (χ1n) is 10.0. The highest BCUT2D eigenvalue weighted by Crippen LogP contribution is 2.31. The largest absolute Gasteiger partial charge is 0.493 e. The molecule has 1 heterocycles. The molecule has 1 unspecified atom stereocenters. The molecule has 6 nitrogen and oxygen atoms in total. The lowest BCUT2D eigenvalue weighted by molar-refractivity contribution is -0.130. The van der Waals surface area contributed by atoms with E-state index >= 15 is 0 Å². The van der Waals surface area contributed by atoms with Gasteiger partial charge in [0.05, 0.1) is 13.2 Å². The molecule has 0 saturated carbocycles. The molecule has 0 spiro atoms. The highest BCUT2D eigenvalue weighted by molar-refractivity contribution is 6.31. The fourth-order valence-corrected chi connectivity index (χ4v) is 3.86. The molecule has 160 valence electrons. The second-order valence-electron chi connectivity index (χ2n) is 7.41. The highest BCUT2D eigenvalue weighted by atomic mass is 35.5. The van der Waals surface area contributed by atoms with Crippen molar-refractivity contribution in [1.29, 1.82) is 0 Å². The molecule has 0 aliphatic carbocycles. The zero-order valence-corrected chi connectivity index (χ0v) is 18.2. The lowest BCUT2D eigenvalue weighted by atomic mass is 10.1. The Bertz CT molecular complexity index is 910. The monoisotopic (exact) mass is 430 g/mol. The Balaban J connectivity index is 1.70. The summed E-state index contributed by atoms with van der Waals surface area (Å²) in [5.41, 5.74) is 1.33. The molecule has 30 heavy (non-hydrogen) atoms. The number of carbonyl (C=O) groups is 2. The molecule has 1 aliphatic rings. The average molecular weight is 431 g/mol. The van der Waals surface area contributed by atoms with E-state index in [1.807, 2.05) is 30.0 Å². The van der Waals surface area contributed by atoms with Crippen molar-refractivity contribution >= 4 is 23.4 Å². The zero-order valence-electron chi connectivity index (χ0n) is 17.5. The first-order valence-corrected chi connectivity index (χ1v) is 10.4. The molecule has 1 aliphatic heterocycles. The van der Waals surface area contributed by atoms with Crippen molar-refractivity contribution in [3.8, 4) is 11.5 Å². The summed E-state index contributed by atoms with van der Waals surface area (Å²) < 4.78 is 11.5. The lowest BCUT2D eigenvalue weighted by Gasteiger charge is -2.31. The Morgan fingerprint density at radius 3 is 2.47 bits per heavy atom. The van der Waals surface area contributed by atoms with Crippen LogP contribution in [0.3, 0.4) is 0 Å². The van der Waals surface area contributed by atoms with Gasteiger partial charge in [0.25, 0.3) is 5.91 Å². The number of piperidine rings is 1. The summed E-state index contributed by atoms with van der Waals surface area (Å²) in [4.78, 5) is 26.1. The van der Waals surface area contributed by atoms with Gasteiger partial charge in [0, 0.05) is 43.4 Å². The number of nitrogens with one attached hydrogen (secondary N) is 1. The van der Waals surface area contributed by atoms with Crippen molar-refractivity contribution < 1.29 is 19.1 Å². The number of hydrogen-bond donors (Lipinski definition) is 1. The van der Waals surface area contributed by atoms with Gasteiger partial charge in [0.2, 0.25) is 5.91 Å². The number of carbonyl (C=O) groups excluding carboxylic acids is 2. The van der Waals surface area contributed by atoms with Crippen molar-refractivity contribution in [2.24, 2.45) is 0 Å². The van der Waals surface area contributed by atoms with Crippen LogP contribution in [-0.4, -0.2) is 43.0 Å². The van der Waals surface area contributed by atoms with Crippen LogP contribution in [0, 0.1) is 0 Å². The Hall–Kier alpha value is -2.73. The third-order valence-corrected chi connectivity index (χ3v) is 5.67. The topological polar surface area (TPSA) is 67.9 Å². The minimum atomic E-state index is -0.242. The van der Waals surface area contributed by atoms with Gasteiger partial charge in [-0.25, -0.2) is 0 Å². The van der Waals surface area contributed by atoms with Crippen LogP contribution >= 0.6 is 11.6 Å². The maximum absolute atomic E-state index is 12.8. The fourth-order valence-electron chi connectivity index (χ4n) is 3.56. The predicted molar refractivity (Wildman–Crippen MR) is 116 cm³/mol. The second-order valence-corrected chi connectivity index (χ2v) is 7.81. The molecule has 1 atom stereocenters. The Morgan fingerprint density at radius 1 is 1.13 bits per heavy atom. The van der Waals surface area contributed by atoms with E-state index in [0.717, 1.165) is 18.4 Å². The smallest absolute Gasteiger partial charge is 0.251 e. The summed E-state index contributed by atoms with van der Waals surface area (Å²) in [6, 6.07) is 12.3. The van der Waals surface area contributed by atoms with Crippen molar-refractivity contribution in [2.45, 2.75) is 38.8 Å². The number of benzene rings is 2. The quantitative estimate of drug-likeness (QED) is 0.744. The SMILES string of the molecule is COc1ccc(C(=O)NC(C)c2ccccc2Cl)cc1OC1CCN(C(C)=O)CC1. The summed E-state index contributed by atoms with van der Waals surface area (Å²) in [5, 5.41) is 3.59. The van der Waals surface area contributed by atoms with Crippen LogP contribution in [0.15, 0.2) is 42.5 Å².